The maximum Gasteiger partial charge on any atom is 0.338 e. The Bertz CT molecular complexity index is 1200. The molecule has 1 aliphatic rings. The third kappa shape index (κ3) is 3.98. The van der Waals surface area contributed by atoms with E-state index in [-0.39, 0.29) is 5.56 Å². The highest BCUT2D eigenvalue weighted by Crippen LogP contribution is 2.28. The molecule has 160 valence electrons. The largest absolute Gasteiger partial charge is 0.449 e. The Hall–Kier alpha value is -3.97. The molecule has 3 amide bonds. The summed E-state index contributed by atoms with van der Waals surface area (Å²) in [7, 11) is 0. The highest BCUT2D eigenvalue weighted by atomic mass is 35.5. The van der Waals surface area contributed by atoms with Gasteiger partial charge in [-0.25, -0.2) is 9.69 Å². The van der Waals surface area contributed by atoms with Crippen LogP contribution in [0.2, 0.25) is 5.02 Å². The molecule has 0 aromatic heterocycles. The van der Waals surface area contributed by atoms with Gasteiger partial charge in [0.1, 0.15) is 0 Å². The Kier molecular flexibility index (Phi) is 5.75. The number of hydrogen-bond donors (Lipinski definition) is 1. The molecule has 1 unspecified atom stereocenters. The van der Waals surface area contributed by atoms with Gasteiger partial charge in [-0.1, -0.05) is 35.9 Å². The molecule has 1 N–H and O–H groups in total. The summed E-state index contributed by atoms with van der Waals surface area (Å²) in [5.41, 5.74) is 1.58. The van der Waals surface area contributed by atoms with Crippen molar-refractivity contribution in [3.63, 3.8) is 0 Å². The molecule has 1 aliphatic heterocycles. The predicted octanol–water partition coefficient (Wildman–Crippen LogP) is 4.32. The molecular weight excluding hydrogens is 432 g/mol. The van der Waals surface area contributed by atoms with Crippen molar-refractivity contribution in [2.45, 2.75) is 13.0 Å². The van der Waals surface area contributed by atoms with Crippen molar-refractivity contribution in [2.24, 2.45) is 0 Å². The van der Waals surface area contributed by atoms with E-state index in [1.165, 1.54) is 31.2 Å². The van der Waals surface area contributed by atoms with Crippen LogP contribution < -0.4 is 10.2 Å². The number of para-hydroxylation sites is 1. The molecule has 0 fully saturated rings. The molecule has 0 bridgehead atoms. The molecule has 1 heterocycles. The minimum atomic E-state index is -1.07. The molecule has 0 aliphatic carbocycles. The molecule has 3 aromatic rings. The average Bonchev–Trinajstić information content (AvgIpc) is 3.05. The Balaban J connectivity index is 1.43. The maximum atomic E-state index is 12.6. The van der Waals surface area contributed by atoms with Crippen LogP contribution in [0.5, 0.6) is 0 Å². The lowest BCUT2D eigenvalue weighted by atomic mass is 10.1. The van der Waals surface area contributed by atoms with Crippen molar-refractivity contribution in [3.05, 3.63) is 94.5 Å². The van der Waals surface area contributed by atoms with Crippen molar-refractivity contribution in [1.82, 2.24) is 0 Å². The zero-order chi connectivity index (χ0) is 22.8. The van der Waals surface area contributed by atoms with Crippen LogP contribution >= 0.6 is 11.6 Å². The summed E-state index contributed by atoms with van der Waals surface area (Å²) in [5, 5.41) is 2.97. The predicted molar refractivity (Wildman–Crippen MR) is 119 cm³/mol. The lowest BCUT2D eigenvalue weighted by Crippen LogP contribution is -2.30. The molecule has 0 saturated carbocycles. The Morgan fingerprint density at radius 1 is 0.875 bits per heavy atom. The fraction of sp³-hybridized carbons (Fsp3) is 0.0833. The van der Waals surface area contributed by atoms with Gasteiger partial charge in [0, 0.05) is 0 Å². The fourth-order valence-electron chi connectivity index (χ4n) is 3.25. The lowest BCUT2D eigenvalue weighted by Gasteiger charge is -2.16. The van der Waals surface area contributed by atoms with E-state index >= 15 is 0 Å². The van der Waals surface area contributed by atoms with E-state index in [0.717, 1.165) is 4.90 Å². The van der Waals surface area contributed by atoms with Gasteiger partial charge in [0.05, 0.1) is 33.1 Å². The SMILES string of the molecule is CC(OC(=O)c1ccc(N2C(=O)c3ccccc3C2=O)cc1)C(=O)Nc1ccccc1Cl. The first-order valence-corrected chi connectivity index (χ1v) is 10.1. The van der Waals surface area contributed by atoms with Crippen molar-refractivity contribution < 1.29 is 23.9 Å². The van der Waals surface area contributed by atoms with Gasteiger partial charge in [-0.05, 0) is 55.5 Å². The summed E-state index contributed by atoms with van der Waals surface area (Å²) < 4.78 is 5.23. The number of nitrogens with one attached hydrogen (secondary N) is 1. The van der Waals surface area contributed by atoms with Crippen LogP contribution in [-0.2, 0) is 9.53 Å². The van der Waals surface area contributed by atoms with Crippen LogP contribution in [0.3, 0.4) is 0 Å². The van der Waals surface area contributed by atoms with Gasteiger partial charge in [-0.2, -0.15) is 0 Å². The van der Waals surface area contributed by atoms with Gasteiger partial charge in [0.15, 0.2) is 6.10 Å². The smallest absolute Gasteiger partial charge is 0.338 e. The highest BCUT2D eigenvalue weighted by Gasteiger charge is 2.36. The lowest BCUT2D eigenvalue weighted by molar-refractivity contribution is -0.123. The number of anilines is 2. The molecule has 0 saturated heterocycles. The van der Waals surface area contributed by atoms with Crippen molar-refractivity contribution >= 4 is 46.7 Å². The Morgan fingerprint density at radius 2 is 1.44 bits per heavy atom. The van der Waals surface area contributed by atoms with Crippen LogP contribution in [0.4, 0.5) is 11.4 Å². The Morgan fingerprint density at radius 3 is 2.03 bits per heavy atom. The van der Waals surface area contributed by atoms with E-state index in [1.807, 2.05) is 0 Å². The first-order valence-electron chi connectivity index (χ1n) is 9.71. The molecule has 0 spiro atoms. The van der Waals surface area contributed by atoms with Gasteiger partial charge in [0.2, 0.25) is 0 Å². The monoisotopic (exact) mass is 448 g/mol. The summed E-state index contributed by atoms with van der Waals surface area (Å²) in [6.07, 6.45) is -1.07. The minimum Gasteiger partial charge on any atom is -0.449 e. The van der Waals surface area contributed by atoms with Gasteiger partial charge < -0.3 is 10.1 Å². The first-order chi connectivity index (χ1) is 15.4. The zero-order valence-corrected chi connectivity index (χ0v) is 17.6. The fourth-order valence-corrected chi connectivity index (χ4v) is 3.43. The maximum absolute atomic E-state index is 12.6. The summed E-state index contributed by atoms with van der Waals surface area (Å²) in [6, 6.07) is 19.1. The molecule has 4 rings (SSSR count). The number of carbonyl (C=O) groups excluding carboxylic acids is 4. The van der Waals surface area contributed by atoms with Gasteiger partial charge in [0.25, 0.3) is 17.7 Å². The number of rotatable bonds is 5. The van der Waals surface area contributed by atoms with E-state index in [4.69, 9.17) is 16.3 Å². The number of amides is 3. The van der Waals surface area contributed by atoms with Crippen molar-refractivity contribution in [2.75, 3.05) is 10.2 Å². The topological polar surface area (TPSA) is 92.8 Å². The van der Waals surface area contributed by atoms with Crippen molar-refractivity contribution in [3.8, 4) is 0 Å². The van der Waals surface area contributed by atoms with Crippen LogP contribution in [0.1, 0.15) is 38.0 Å². The van der Waals surface area contributed by atoms with E-state index in [2.05, 4.69) is 5.32 Å². The number of ether oxygens (including phenoxy) is 1. The van der Waals surface area contributed by atoms with E-state index in [9.17, 15) is 19.2 Å². The molecular formula is C24H17ClN2O5. The summed E-state index contributed by atoms with van der Waals surface area (Å²) in [4.78, 5) is 51.0. The number of halogens is 1. The number of nitrogens with zero attached hydrogens (tertiary/aromatic N) is 1. The highest BCUT2D eigenvalue weighted by molar-refractivity contribution is 6.34. The van der Waals surface area contributed by atoms with Gasteiger partial charge >= 0.3 is 5.97 Å². The van der Waals surface area contributed by atoms with Gasteiger partial charge in [-0.15, -0.1) is 0 Å². The normalized spacial score (nSPS) is 13.5. The number of benzene rings is 3. The molecule has 1 atom stereocenters. The molecule has 7 nitrogen and oxygen atoms in total. The molecule has 3 aromatic carbocycles. The second kappa shape index (κ2) is 8.64. The van der Waals surface area contributed by atoms with Crippen molar-refractivity contribution in [1.29, 1.82) is 0 Å². The number of fused-ring (bicyclic) bond motifs is 1. The van der Waals surface area contributed by atoms with E-state index in [1.54, 1.807) is 48.5 Å². The average molecular weight is 449 g/mol. The molecule has 32 heavy (non-hydrogen) atoms. The number of imide groups is 1. The minimum absolute atomic E-state index is 0.169. The van der Waals surface area contributed by atoms with E-state index in [0.29, 0.717) is 27.5 Å². The summed E-state index contributed by atoms with van der Waals surface area (Å²) >= 11 is 6.02. The summed E-state index contributed by atoms with van der Waals surface area (Å²) in [6.45, 7) is 1.44. The summed E-state index contributed by atoms with van der Waals surface area (Å²) in [5.74, 6) is -2.11. The third-order valence-electron chi connectivity index (χ3n) is 4.94. The van der Waals surface area contributed by atoms with Gasteiger partial charge in [-0.3, -0.25) is 14.4 Å². The zero-order valence-electron chi connectivity index (χ0n) is 16.9. The second-order valence-electron chi connectivity index (χ2n) is 7.05. The van der Waals surface area contributed by atoms with E-state index < -0.39 is 29.8 Å². The number of hydrogen-bond acceptors (Lipinski definition) is 5. The van der Waals surface area contributed by atoms with Crippen LogP contribution in [-0.4, -0.2) is 29.8 Å². The second-order valence-corrected chi connectivity index (χ2v) is 7.46. The standard InChI is InChI=1S/C24H17ClN2O5/c1-14(21(28)26-20-9-5-4-8-19(20)25)32-24(31)15-10-12-16(13-11-15)27-22(29)17-6-2-3-7-18(17)23(27)30/h2-14H,1H3,(H,26,28). The molecule has 0 radical (unpaired) electrons. The Labute approximate surface area is 188 Å². The van der Waals surface area contributed by atoms with Crippen LogP contribution in [0.25, 0.3) is 0 Å². The number of esters is 1. The van der Waals surface area contributed by atoms with Crippen LogP contribution in [0.15, 0.2) is 72.8 Å². The van der Waals surface area contributed by atoms with Crippen LogP contribution in [0, 0.1) is 0 Å². The third-order valence-corrected chi connectivity index (χ3v) is 5.27. The quantitative estimate of drug-likeness (QED) is 0.463. The molecule has 8 heteroatoms. The first kappa shape index (κ1) is 21.3. The number of carbonyl (C=O) groups is 4.